The van der Waals surface area contributed by atoms with E-state index in [-0.39, 0.29) is 29.0 Å². The van der Waals surface area contributed by atoms with E-state index in [1.54, 1.807) is 30.3 Å². The van der Waals surface area contributed by atoms with Crippen LogP contribution in [0, 0.1) is 5.92 Å². The molecule has 2 N–H and O–H groups in total. The zero-order valence-electron chi connectivity index (χ0n) is 16.4. The van der Waals surface area contributed by atoms with Crippen molar-refractivity contribution in [2.75, 3.05) is 12.4 Å². The molecular formula is C21H24F2N2O4. The summed E-state index contributed by atoms with van der Waals surface area (Å²) in [7, 11) is 1.32. The highest BCUT2D eigenvalue weighted by Crippen LogP contribution is 2.31. The van der Waals surface area contributed by atoms with Gasteiger partial charge in [-0.15, -0.1) is 0 Å². The van der Waals surface area contributed by atoms with Crippen molar-refractivity contribution in [2.24, 2.45) is 5.92 Å². The molecule has 0 heterocycles. The van der Waals surface area contributed by atoms with Gasteiger partial charge in [0, 0.05) is 17.3 Å². The fraction of sp³-hybridized carbons (Fsp3) is 0.333. The van der Waals surface area contributed by atoms with Gasteiger partial charge in [0.05, 0.1) is 7.11 Å². The average molecular weight is 406 g/mol. The smallest absolute Gasteiger partial charge is 0.387 e. The van der Waals surface area contributed by atoms with E-state index in [4.69, 9.17) is 4.74 Å². The van der Waals surface area contributed by atoms with Crippen molar-refractivity contribution >= 4 is 17.5 Å². The van der Waals surface area contributed by atoms with Gasteiger partial charge < -0.3 is 20.1 Å². The lowest BCUT2D eigenvalue weighted by Gasteiger charge is -2.24. The van der Waals surface area contributed by atoms with E-state index in [9.17, 15) is 18.4 Å². The minimum absolute atomic E-state index is 0.110. The number of amides is 2. The van der Waals surface area contributed by atoms with Crippen LogP contribution in [0.3, 0.4) is 0 Å². The number of carbonyl (C=O) groups excluding carboxylic acids is 2. The number of hydrogen-bond acceptors (Lipinski definition) is 4. The highest BCUT2D eigenvalue weighted by atomic mass is 19.3. The molecule has 0 radical (unpaired) electrons. The van der Waals surface area contributed by atoms with Crippen LogP contribution in [0.2, 0.25) is 0 Å². The van der Waals surface area contributed by atoms with Crippen LogP contribution in [0.5, 0.6) is 11.5 Å². The first kappa shape index (κ1) is 22.1. The highest BCUT2D eigenvalue weighted by molar-refractivity contribution is 6.01. The first-order chi connectivity index (χ1) is 13.8. The third-order valence-electron chi connectivity index (χ3n) is 4.47. The van der Waals surface area contributed by atoms with Crippen LogP contribution >= 0.6 is 0 Å². The third-order valence-corrected chi connectivity index (χ3v) is 4.47. The van der Waals surface area contributed by atoms with Gasteiger partial charge in [-0.25, -0.2) is 0 Å². The number of benzene rings is 2. The lowest BCUT2D eigenvalue weighted by molar-refractivity contribution is -0.119. The molecule has 2 atom stereocenters. The van der Waals surface area contributed by atoms with E-state index in [1.165, 1.54) is 25.3 Å². The molecule has 156 valence electrons. The van der Waals surface area contributed by atoms with Gasteiger partial charge >= 0.3 is 6.61 Å². The average Bonchev–Trinajstić information content (AvgIpc) is 2.71. The highest BCUT2D eigenvalue weighted by Gasteiger charge is 2.26. The molecule has 0 saturated carbocycles. The maximum Gasteiger partial charge on any atom is 0.387 e. The molecule has 2 amide bonds. The minimum Gasteiger partial charge on any atom is -0.493 e. The lowest BCUT2D eigenvalue weighted by atomic mass is 9.97. The Kier molecular flexibility index (Phi) is 7.94. The number of ether oxygens (including phenoxy) is 2. The standard InChI is InChI=1S/C21H24F2N2O4/c1-4-13(2)18(25-19(26)14-8-6-5-7-9-14)20(27)24-15-10-11-16(28-3)17(12-15)29-21(22)23/h5-13,18,21H,4H2,1-3H3,(H,24,27)(H,25,26). The predicted molar refractivity (Wildman–Crippen MR) is 105 cm³/mol. The van der Waals surface area contributed by atoms with Crippen molar-refractivity contribution in [3.05, 3.63) is 54.1 Å². The Morgan fingerprint density at radius 2 is 1.76 bits per heavy atom. The number of halogens is 2. The Hall–Kier alpha value is -3.16. The molecule has 8 heteroatoms. The second-order valence-corrected chi connectivity index (χ2v) is 6.44. The van der Waals surface area contributed by atoms with E-state index in [0.29, 0.717) is 12.0 Å². The van der Waals surface area contributed by atoms with Crippen molar-refractivity contribution in [3.8, 4) is 11.5 Å². The summed E-state index contributed by atoms with van der Waals surface area (Å²) in [6, 6.07) is 11.9. The first-order valence-corrected chi connectivity index (χ1v) is 9.15. The second-order valence-electron chi connectivity index (χ2n) is 6.44. The molecule has 0 spiro atoms. The number of rotatable bonds is 9. The molecule has 0 aromatic heterocycles. The van der Waals surface area contributed by atoms with Crippen LogP contribution in [0.15, 0.2) is 48.5 Å². The molecule has 6 nitrogen and oxygen atoms in total. The molecule has 29 heavy (non-hydrogen) atoms. The number of carbonyl (C=O) groups is 2. The van der Waals surface area contributed by atoms with E-state index >= 15 is 0 Å². The van der Waals surface area contributed by atoms with Gasteiger partial charge in [0.1, 0.15) is 6.04 Å². The van der Waals surface area contributed by atoms with Crippen LogP contribution < -0.4 is 20.1 Å². The summed E-state index contributed by atoms with van der Waals surface area (Å²) in [6.45, 7) is 0.712. The normalized spacial score (nSPS) is 12.8. The number of anilines is 1. The molecule has 0 aliphatic rings. The zero-order valence-corrected chi connectivity index (χ0v) is 16.4. The number of alkyl halides is 2. The quantitative estimate of drug-likeness (QED) is 0.658. The fourth-order valence-corrected chi connectivity index (χ4v) is 2.68. The SMILES string of the molecule is CCC(C)C(NC(=O)c1ccccc1)C(=O)Nc1ccc(OC)c(OC(F)F)c1. The summed E-state index contributed by atoms with van der Waals surface area (Å²) < 4.78 is 34.6. The Balaban J connectivity index is 2.18. The molecule has 0 bridgehead atoms. The summed E-state index contributed by atoms with van der Waals surface area (Å²) in [5.74, 6) is -1.08. The van der Waals surface area contributed by atoms with Crippen molar-refractivity contribution in [1.29, 1.82) is 0 Å². The van der Waals surface area contributed by atoms with Gasteiger partial charge in [0.25, 0.3) is 5.91 Å². The predicted octanol–water partition coefficient (Wildman–Crippen LogP) is 4.08. The van der Waals surface area contributed by atoms with Gasteiger partial charge in [-0.3, -0.25) is 9.59 Å². The van der Waals surface area contributed by atoms with Gasteiger partial charge in [-0.1, -0.05) is 38.5 Å². The van der Waals surface area contributed by atoms with Gasteiger partial charge in [0.2, 0.25) is 5.91 Å². The van der Waals surface area contributed by atoms with Crippen LogP contribution in [-0.2, 0) is 4.79 Å². The lowest BCUT2D eigenvalue weighted by Crippen LogP contribution is -2.47. The van der Waals surface area contributed by atoms with E-state index in [1.807, 2.05) is 13.8 Å². The van der Waals surface area contributed by atoms with Crippen molar-refractivity contribution in [1.82, 2.24) is 5.32 Å². The Bertz CT molecular complexity index is 831. The van der Waals surface area contributed by atoms with Crippen LogP contribution in [0.1, 0.15) is 30.6 Å². The molecule has 2 aromatic carbocycles. The maximum atomic E-state index is 12.8. The minimum atomic E-state index is -3.03. The van der Waals surface area contributed by atoms with Crippen molar-refractivity contribution in [2.45, 2.75) is 32.9 Å². The third kappa shape index (κ3) is 6.17. The molecule has 0 fully saturated rings. The summed E-state index contributed by atoms with van der Waals surface area (Å²) in [5, 5.41) is 5.39. The second kappa shape index (κ2) is 10.4. The summed E-state index contributed by atoms with van der Waals surface area (Å²) in [5.41, 5.74) is 0.680. The van der Waals surface area contributed by atoms with Crippen molar-refractivity contribution < 1.29 is 27.8 Å². The molecule has 2 rings (SSSR count). The summed E-state index contributed by atoms with van der Waals surface area (Å²) in [6.07, 6.45) is 0.648. The molecule has 0 aliphatic carbocycles. The first-order valence-electron chi connectivity index (χ1n) is 9.15. The molecular weight excluding hydrogens is 382 g/mol. The molecule has 0 saturated heterocycles. The van der Waals surface area contributed by atoms with E-state index in [2.05, 4.69) is 15.4 Å². The maximum absolute atomic E-state index is 12.8. The molecule has 2 unspecified atom stereocenters. The van der Waals surface area contributed by atoms with Gasteiger partial charge in [-0.05, 0) is 30.2 Å². The topological polar surface area (TPSA) is 76.7 Å². The van der Waals surface area contributed by atoms with Crippen LogP contribution in [0.4, 0.5) is 14.5 Å². The van der Waals surface area contributed by atoms with Crippen molar-refractivity contribution in [3.63, 3.8) is 0 Å². The van der Waals surface area contributed by atoms with E-state index in [0.717, 1.165) is 0 Å². The fourth-order valence-electron chi connectivity index (χ4n) is 2.68. The number of nitrogens with one attached hydrogen (secondary N) is 2. The Morgan fingerprint density at radius 3 is 2.34 bits per heavy atom. The van der Waals surface area contributed by atoms with E-state index < -0.39 is 18.6 Å². The van der Waals surface area contributed by atoms with Gasteiger partial charge in [-0.2, -0.15) is 8.78 Å². The molecule has 0 aliphatic heterocycles. The zero-order chi connectivity index (χ0) is 21.4. The Labute approximate surface area is 168 Å². The largest absolute Gasteiger partial charge is 0.493 e. The van der Waals surface area contributed by atoms with Crippen LogP contribution in [-0.4, -0.2) is 31.6 Å². The monoisotopic (exact) mass is 406 g/mol. The summed E-state index contributed by atoms with van der Waals surface area (Å²) >= 11 is 0. The Morgan fingerprint density at radius 1 is 1.07 bits per heavy atom. The molecule has 2 aromatic rings. The number of hydrogen-bond donors (Lipinski definition) is 2. The van der Waals surface area contributed by atoms with Crippen LogP contribution in [0.25, 0.3) is 0 Å². The number of methoxy groups -OCH3 is 1. The van der Waals surface area contributed by atoms with Gasteiger partial charge in [0.15, 0.2) is 11.5 Å². The summed E-state index contributed by atoms with van der Waals surface area (Å²) in [4.78, 5) is 25.3.